The van der Waals surface area contributed by atoms with Crippen LogP contribution in [0, 0.1) is 10.1 Å². The van der Waals surface area contributed by atoms with E-state index in [1.807, 2.05) is 24.3 Å². The summed E-state index contributed by atoms with van der Waals surface area (Å²) in [5.74, 6) is 0.652. The van der Waals surface area contributed by atoms with Crippen molar-refractivity contribution in [3.63, 3.8) is 0 Å². The first-order valence-electron chi connectivity index (χ1n) is 8.94. The average molecular weight is 462 g/mol. The molecule has 1 aromatic heterocycles. The number of benzene rings is 2. The number of ether oxygens (including phenoxy) is 2. The number of amides is 1. The summed E-state index contributed by atoms with van der Waals surface area (Å²) in [6, 6.07) is 11.4. The Morgan fingerprint density at radius 2 is 1.84 bits per heavy atom. The summed E-state index contributed by atoms with van der Waals surface area (Å²) >= 11 is 2.52. The number of aromatic nitrogens is 2. The molecule has 162 valence electrons. The first kappa shape index (κ1) is 22.3. The lowest BCUT2D eigenvalue weighted by Gasteiger charge is -2.13. The molecule has 12 heteroatoms. The Balaban J connectivity index is 1.66. The predicted octanol–water partition coefficient (Wildman–Crippen LogP) is 4.33. The number of nitro groups is 1. The number of nitrogens with one attached hydrogen (secondary N) is 2. The first-order valence-corrected chi connectivity index (χ1v) is 10.6. The summed E-state index contributed by atoms with van der Waals surface area (Å²) < 4.78 is 11.1. The topological polar surface area (TPSA) is 129 Å². The van der Waals surface area contributed by atoms with Crippen LogP contribution in [0.5, 0.6) is 11.5 Å². The summed E-state index contributed by atoms with van der Waals surface area (Å²) in [7, 11) is 3.00. The molecule has 10 nitrogen and oxygen atoms in total. The van der Waals surface area contributed by atoms with Gasteiger partial charge in [0.05, 0.1) is 35.8 Å². The van der Waals surface area contributed by atoms with E-state index in [0.717, 1.165) is 5.69 Å². The van der Waals surface area contributed by atoms with Crippen molar-refractivity contribution >= 4 is 51.2 Å². The Morgan fingerprint density at radius 1 is 1.13 bits per heavy atom. The summed E-state index contributed by atoms with van der Waals surface area (Å²) in [5, 5.41) is 25.0. The number of methoxy groups -OCH3 is 2. The molecule has 3 rings (SSSR count). The van der Waals surface area contributed by atoms with Gasteiger partial charge >= 0.3 is 0 Å². The zero-order chi connectivity index (χ0) is 22.4. The Kier molecular flexibility index (Phi) is 7.26. The highest BCUT2D eigenvalue weighted by atomic mass is 32.2. The van der Waals surface area contributed by atoms with Crippen molar-refractivity contribution in [2.75, 3.05) is 24.9 Å². The number of carbonyl (C=O) groups is 1. The summed E-state index contributed by atoms with van der Waals surface area (Å²) in [6.45, 7) is 1.71. The van der Waals surface area contributed by atoms with Crippen molar-refractivity contribution in [1.29, 1.82) is 0 Å². The lowest BCUT2D eigenvalue weighted by molar-refractivity contribution is -0.384. The molecule has 2 aromatic carbocycles. The number of non-ortho nitro benzene ring substituents is 1. The van der Waals surface area contributed by atoms with Crippen molar-refractivity contribution in [1.82, 2.24) is 10.2 Å². The van der Waals surface area contributed by atoms with E-state index in [9.17, 15) is 14.9 Å². The number of hydrogen-bond acceptors (Lipinski definition) is 10. The van der Waals surface area contributed by atoms with Gasteiger partial charge in [0.25, 0.3) is 5.69 Å². The summed E-state index contributed by atoms with van der Waals surface area (Å²) in [4.78, 5) is 23.1. The van der Waals surface area contributed by atoms with Gasteiger partial charge in [0.15, 0.2) is 4.34 Å². The third-order valence-electron chi connectivity index (χ3n) is 4.05. The highest BCUT2D eigenvalue weighted by Crippen LogP contribution is 2.34. The van der Waals surface area contributed by atoms with E-state index in [0.29, 0.717) is 21.0 Å². The molecular formula is C19H19N5O5S2. The third-order valence-corrected chi connectivity index (χ3v) is 6.08. The second-order valence-electron chi connectivity index (χ2n) is 6.09. The highest BCUT2D eigenvalue weighted by Gasteiger charge is 2.20. The second-order valence-corrected chi connectivity index (χ2v) is 8.65. The maximum Gasteiger partial charge on any atom is 0.271 e. The number of rotatable bonds is 9. The fourth-order valence-electron chi connectivity index (χ4n) is 2.52. The Bertz CT molecular complexity index is 1090. The van der Waals surface area contributed by atoms with Gasteiger partial charge in [0.1, 0.15) is 11.5 Å². The molecule has 31 heavy (non-hydrogen) atoms. The number of hydrogen-bond donors (Lipinski definition) is 2. The molecule has 0 spiro atoms. The molecule has 1 atom stereocenters. The molecule has 3 aromatic rings. The van der Waals surface area contributed by atoms with Crippen LogP contribution in [0.3, 0.4) is 0 Å². The minimum atomic E-state index is -0.537. The summed E-state index contributed by atoms with van der Waals surface area (Å²) in [6.07, 6.45) is 0. The van der Waals surface area contributed by atoms with E-state index in [2.05, 4.69) is 20.8 Å². The van der Waals surface area contributed by atoms with E-state index in [-0.39, 0.29) is 17.3 Å². The predicted molar refractivity (Wildman–Crippen MR) is 120 cm³/mol. The van der Waals surface area contributed by atoms with Crippen LogP contribution in [0.4, 0.5) is 22.2 Å². The van der Waals surface area contributed by atoms with E-state index in [1.165, 1.54) is 48.4 Å². The fourth-order valence-corrected chi connectivity index (χ4v) is 4.43. The molecule has 1 unspecified atom stereocenters. The standard InChI is InChI=1S/C19H19N5O5S2/c1-11(17(25)20-14-10-12(24(26)27)8-9-16(14)29-3)30-19-23-22-18(31-19)21-13-6-4-5-7-15(13)28-2/h4-11H,1-3H3,(H,20,25)(H,21,22). The van der Waals surface area contributed by atoms with Crippen LogP contribution in [0.1, 0.15) is 6.92 Å². The maximum atomic E-state index is 12.6. The minimum Gasteiger partial charge on any atom is -0.495 e. The molecule has 0 aliphatic carbocycles. The molecule has 0 bridgehead atoms. The van der Waals surface area contributed by atoms with Crippen molar-refractivity contribution in [3.05, 3.63) is 52.6 Å². The van der Waals surface area contributed by atoms with E-state index in [1.54, 1.807) is 14.0 Å². The van der Waals surface area contributed by atoms with Crippen LogP contribution in [0.15, 0.2) is 46.8 Å². The Labute approximate surface area is 186 Å². The van der Waals surface area contributed by atoms with Gasteiger partial charge in [-0.2, -0.15) is 0 Å². The molecule has 0 fully saturated rings. The fraction of sp³-hybridized carbons (Fsp3) is 0.211. The molecule has 1 amide bonds. The third kappa shape index (κ3) is 5.61. The number of nitrogens with zero attached hydrogens (tertiary/aromatic N) is 3. The van der Waals surface area contributed by atoms with E-state index < -0.39 is 10.2 Å². The normalized spacial score (nSPS) is 11.5. The van der Waals surface area contributed by atoms with Crippen molar-refractivity contribution in [2.24, 2.45) is 0 Å². The van der Waals surface area contributed by atoms with Gasteiger partial charge < -0.3 is 20.1 Å². The minimum absolute atomic E-state index is 0.146. The molecule has 0 aliphatic rings. The first-order chi connectivity index (χ1) is 14.9. The zero-order valence-corrected chi connectivity index (χ0v) is 18.5. The monoisotopic (exact) mass is 461 g/mol. The Hall–Kier alpha value is -3.38. The molecule has 2 N–H and O–H groups in total. The van der Waals surface area contributed by atoms with Crippen molar-refractivity contribution < 1.29 is 19.2 Å². The Morgan fingerprint density at radius 3 is 2.55 bits per heavy atom. The molecule has 1 heterocycles. The molecule has 0 saturated carbocycles. The number of thioether (sulfide) groups is 1. The van der Waals surface area contributed by atoms with Crippen molar-refractivity contribution in [3.8, 4) is 11.5 Å². The SMILES string of the molecule is COc1ccc([N+](=O)[O-])cc1NC(=O)C(C)Sc1nnc(Nc2ccccc2OC)s1. The summed E-state index contributed by atoms with van der Waals surface area (Å²) in [5.41, 5.74) is 0.832. The van der Waals surface area contributed by atoms with Crippen LogP contribution < -0.4 is 20.1 Å². The van der Waals surface area contributed by atoms with Crippen LogP contribution in [0.2, 0.25) is 0 Å². The van der Waals surface area contributed by atoms with E-state index >= 15 is 0 Å². The van der Waals surface area contributed by atoms with Gasteiger partial charge in [-0.3, -0.25) is 14.9 Å². The second kappa shape index (κ2) is 10.1. The smallest absolute Gasteiger partial charge is 0.271 e. The lowest BCUT2D eigenvalue weighted by Crippen LogP contribution is -2.22. The van der Waals surface area contributed by atoms with Gasteiger partial charge in [-0.1, -0.05) is 35.2 Å². The number of nitro benzene ring substituents is 1. The van der Waals surface area contributed by atoms with E-state index in [4.69, 9.17) is 9.47 Å². The van der Waals surface area contributed by atoms with Gasteiger partial charge in [-0.05, 0) is 25.1 Å². The van der Waals surface area contributed by atoms with Crippen LogP contribution >= 0.6 is 23.1 Å². The van der Waals surface area contributed by atoms with Gasteiger partial charge in [-0.15, -0.1) is 10.2 Å². The number of para-hydroxylation sites is 2. The van der Waals surface area contributed by atoms with Crippen molar-refractivity contribution in [2.45, 2.75) is 16.5 Å². The lowest BCUT2D eigenvalue weighted by atomic mass is 10.2. The molecule has 0 aliphatic heterocycles. The maximum absolute atomic E-state index is 12.6. The molecular weight excluding hydrogens is 442 g/mol. The van der Waals surface area contributed by atoms with Crippen LogP contribution in [0.25, 0.3) is 0 Å². The van der Waals surface area contributed by atoms with Gasteiger partial charge in [0.2, 0.25) is 11.0 Å². The number of anilines is 3. The number of carbonyl (C=O) groups excluding carboxylic acids is 1. The molecule has 0 radical (unpaired) electrons. The van der Waals surface area contributed by atoms with Crippen LogP contribution in [-0.2, 0) is 4.79 Å². The molecule has 0 saturated heterocycles. The largest absolute Gasteiger partial charge is 0.495 e. The quantitative estimate of drug-likeness (QED) is 0.272. The highest BCUT2D eigenvalue weighted by molar-refractivity contribution is 8.02. The zero-order valence-electron chi connectivity index (χ0n) is 16.8. The van der Waals surface area contributed by atoms with Gasteiger partial charge in [0, 0.05) is 12.1 Å². The van der Waals surface area contributed by atoms with Gasteiger partial charge in [-0.25, -0.2) is 0 Å². The van der Waals surface area contributed by atoms with Crippen LogP contribution in [-0.4, -0.2) is 40.5 Å². The average Bonchev–Trinajstić information content (AvgIpc) is 3.20.